The van der Waals surface area contributed by atoms with Gasteiger partial charge in [0.1, 0.15) is 0 Å². The maximum Gasteiger partial charge on any atom is 0.223 e. The number of aromatic nitrogens is 1. The van der Waals surface area contributed by atoms with Gasteiger partial charge in [-0.1, -0.05) is 6.07 Å². The summed E-state index contributed by atoms with van der Waals surface area (Å²) in [6.45, 7) is 3.77. The van der Waals surface area contributed by atoms with Gasteiger partial charge in [0, 0.05) is 43.3 Å². The van der Waals surface area contributed by atoms with Crippen LogP contribution in [0.5, 0.6) is 0 Å². The van der Waals surface area contributed by atoms with Crippen molar-refractivity contribution < 1.29 is 4.79 Å². The molecule has 0 spiro atoms. The summed E-state index contributed by atoms with van der Waals surface area (Å²) in [6.07, 6.45) is 4.65. The first-order valence-electron chi connectivity index (χ1n) is 7.68. The molecule has 0 radical (unpaired) electrons. The number of nitrogens with zero attached hydrogens (tertiary/aromatic N) is 2. The minimum absolute atomic E-state index is 0.180. The molecule has 1 fully saturated rings. The fraction of sp³-hybridized carbons (Fsp3) is 0.625. The van der Waals surface area contributed by atoms with Crippen molar-refractivity contribution in [2.45, 2.75) is 38.0 Å². The Balaban J connectivity index is 1.67. The third-order valence-corrected chi connectivity index (χ3v) is 4.98. The molecule has 0 bridgehead atoms. The lowest BCUT2D eigenvalue weighted by Crippen LogP contribution is -2.45. The van der Waals surface area contributed by atoms with Crippen molar-refractivity contribution in [3.63, 3.8) is 0 Å². The average Bonchev–Trinajstić information content (AvgIpc) is 2.52. The smallest absolute Gasteiger partial charge is 0.223 e. The molecule has 2 unspecified atom stereocenters. The molecule has 1 amide bonds. The first-order chi connectivity index (χ1) is 10.2. The fourth-order valence-electron chi connectivity index (χ4n) is 2.64. The van der Waals surface area contributed by atoms with Gasteiger partial charge in [0.15, 0.2) is 0 Å². The van der Waals surface area contributed by atoms with Gasteiger partial charge in [-0.3, -0.25) is 9.78 Å². The summed E-state index contributed by atoms with van der Waals surface area (Å²) in [5, 5.41) is 0. The van der Waals surface area contributed by atoms with Crippen LogP contribution in [0.3, 0.4) is 0 Å². The first-order valence-corrected chi connectivity index (χ1v) is 8.83. The van der Waals surface area contributed by atoms with Crippen LogP contribution in [0.1, 0.15) is 31.9 Å². The van der Waals surface area contributed by atoms with Crippen molar-refractivity contribution in [2.24, 2.45) is 11.7 Å². The highest BCUT2D eigenvalue weighted by Crippen LogP contribution is 2.20. The molecular formula is C16H25N3OS. The Morgan fingerprint density at radius 1 is 1.57 bits per heavy atom. The van der Waals surface area contributed by atoms with Crippen molar-refractivity contribution in [1.29, 1.82) is 0 Å². The normalized spacial score (nSPS) is 20.3. The van der Waals surface area contributed by atoms with Gasteiger partial charge in [-0.25, -0.2) is 0 Å². The molecule has 0 aliphatic carbocycles. The van der Waals surface area contributed by atoms with E-state index in [1.165, 1.54) is 0 Å². The van der Waals surface area contributed by atoms with Crippen LogP contribution in [-0.2, 0) is 10.5 Å². The quantitative estimate of drug-likeness (QED) is 0.819. The van der Waals surface area contributed by atoms with Gasteiger partial charge in [0.05, 0.1) is 5.69 Å². The Morgan fingerprint density at radius 2 is 2.43 bits per heavy atom. The number of nitrogens with two attached hydrogens (primary N) is 1. The SMILES string of the molecule is CC(N)C1CCCN(C(=O)CCSCc2ccccn2)C1. The molecule has 1 aliphatic rings. The van der Waals surface area contributed by atoms with E-state index in [2.05, 4.69) is 4.98 Å². The van der Waals surface area contributed by atoms with Crippen LogP contribution >= 0.6 is 11.8 Å². The van der Waals surface area contributed by atoms with E-state index in [-0.39, 0.29) is 11.9 Å². The van der Waals surface area contributed by atoms with E-state index >= 15 is 0 Å². The van der Waals surface area contributed by atoms with Crippen LogP contribution in [0.25, 0.3) is 0 Å². The van der Waals surface area contributed by atoms with Crippen LogP contribution in [0.4, 0.5) is 0 Å². The maximum atomic E-state index is 12.2. The topological polar surface area (TPSA) is 59.2 Å². The Morgan fingerprint density at radius 3 is 3.14 bits per heavy atom. The predicted molar refractivity (Wildman–Crippen MR) is 88.0 cm³/mol. The van der Waals surface area contributed by atoms with Crippen molar-refractivity contribution in [3.8, 4) is 0 Å². The molecule has 4 nitrogen and oxygen atoms in total. The lowest BCUT2D eigenvalue weighted by Gasteiger charge is -2.34. The van der Waals surface area contributed by atoms with Gasteiger partial charge in [-0.15, -0.1) is 0 Å². The molecule has 0 saturated carbocycles. The van der Waals surface area contributed by atoms with Crippen LogP contribution in [0, 0.1) is 5.92 Å². The molecule has 2 N–H and O–H groups in total. The van der Waals surface area contributed by atoms with E-state index < -0.39 is 0 Å². The Hall–Kier alpha value is -1.07. The zero-order valence-corrected chi connectivity index (χ0v) is 13.5. The number of hydrogen-bond donors (Lipinski definition) is 1. The molecule has 1 aromatic rings. The molecule has 2 heterocycles. The number of carbonyl (C=O) groups is 1. The standard InChI is InChI=1S/C16H25N3OS/c1-13(17)14-5-4-9-19(11-14)16(20)7-10-21-12-15-6-2-3-8-18-15/h2-3,6,8,13-14H,4-5,7,9-12,17H2,1H3. The minimum Gasteiger partial charge on any atom is -0.342 e. The maximum absolute atomic E-state index is 12.2. The van der Waals surface area contributed by atoms with Gasteiger partial charge in [0.2, 0.25) is 5.91 Å². The van der Waals surface area contributed by atoms with E-state index in [0.29, 0.717) is 12.3 Å². The number of hydrogen-bond acceptors (Lipinski definition) is 4. The van der Waals surface area contributed by atoms with E-state index in [1.54, 1.807) is 11.8 Å². The molecule has 116 valence electrons. The van der Waals surface area contributed by atoms with Crippen molar-refractivity contribution in [2.75, 3.05) is 18.8 Å². The summed E-state index contributed by atoms with van der Waals surface area (Å²) < 4.78 is 0. The van der Waals surface area contributed by atoms with Crippen LogP contribution < -0.4 is 5.73 Å². The van der Waals surface area contributed by atoms with E-state index in [0.717, 1.165) is 43.1 Å². The summed E-state index contributed by atoms with van der Waals surface area (Å²) in [5.74, 6) is 2.46. The van der Waals surface area contributed by atoms with Gasteiger partial charge < -0.3 is 10.6 Å². The zero-order chi connectivity index (χ0) is 15.1. The minimum atomic E-state index is 0.180. The highest BCUT2D eigenvalue weighted by molar-refractivity contribution is 7.98. The fourth-order valence-corrected chi connectivity index (χ4v) is 3.49. The van der Waals surface area contributed by atoms with Crippen LogP contribution in [0.15, 0.2) is 24.4 Å². The third kappa shape index (κ3) is 5.32. The number of carbonyl (C=O) groups excluding carboxylic acids is 1. The van der Waals surface area contributed by atoms with Crippen molar-refractivity contribution in [1.82, 2.24) is 9.88 Å². The second kappa shape index (κ2) is 8.39. The van der Waals surface area contributed by atoms with Gasteiger partial charge in [0.25, 0.3) is 0 Å². The van der Waals surface area contributed by atoms with E-state index in [1.807, 2.05) is 36.2 Å². The number of likely N-dealkylation sites (tertiary alicyclic amines) is 1. The monoisotopic (exact) mass is 307 g/mol. The lowest BCUT2D eigenvalue weighted by atomic mass is 9.92. The Bertz CT molecular complexity index is 438. The molecular weight excluding hydrogens is 282 g/mol. The van der Waals surface area contributed by atoms with E-state index in [9.17, 15) is 4.79 Å². The predicted octanol–water partition coefficient (Wildman–Crippen LogP) is 2.29. The van der Waals surface area contributed by atoms with Crippen molar-refractivity contribution >= 4 is 17.7 Å². The lowest BCUT2D eigenvalue weighted by molar-refractivity contribution is -0.132. The number of pyridine rings is 1. The molecule has 0 aromatic carbocycles. The molecule has 1 saturated heterocycles. The van der Waals surface area contributed by atoms with Crippen molar-refractivity contribution in [3.05, 3.63) is 30.1 Å². The zero-order valence-electron chi connectivity index (χ0n) is 12.7. The summed E-state index contributed by atoms with van der Waals surface area (Å²) in [7, 11) is 0. The van der Waals surface area contributed by atoms with Crippen LogP contribution in [0.2, 0.25) is 0 Å². The van der Waals surface area contributed by atoms with Crippen LogP contribution in [-0.4, -0.2) is 40.7 Å². The first kappa shape index (κ1) is 16.3. The highest BCUT2D eigenvalue weighted by Gasteiger charge is 2.25. The molecule has 21 heavy (non-hydrogen) atoms. The number of amides is 1. The Labute approximate surface area is 131 Å². The van der Waals surface area contributed by atoms with Gasteiger partial charge >= 0.3 is 0 Å². The number of rotatable bonds is 6. The summed E-state index contributed by atoms with van der Waals surface area (Å²) in [4.78, 5) is 18.5. The molecule has 1 aliphatic heterocycles. The van der Waals surface area contributed by atoms with Gasteiger partial charge in [-0.05, 0) is 37.8 Å². The average molecular weight is 307 g/mol. The molecule has 1 aromatic heterocycles. The largest absolute Gasteiger partial charge is 0.342 e. The molecule has 2 rings (SSSR count). The third-order valence-electron chi connectivity index (χ3n) is 3.99. The summed E-state index contributed by atoms with van der Waals surface area (Å²) >= 11 is 1.77. The molecule has 5 heteroatoms. The van der Waals surface area contributed by atoms with Gasteiger partial charge in [-0.2, -0.15) is 11.8 Å². The molecule has 2 atom stereocenters. The summed E-state index contributed by atoms with van der Waals surface area (Å²) in [6, 6.07) is 6.12. The number of thioether (sulfide) groups is 1. The highest BCUT2D eigenvalue weighted by atomic mass is 32.2. The number of piperidine rings is 1. The van der Waals surface area contributed by atoms with E-state index in [4.69, 9.17) is 5.73 Å². The second-order valence-electron chi connectivity index (χ2n) is 5.72. The Kier molecular flexibility index (Phi) is 6.51. The summed E-state index contributed by atoms with van der Waals surface area (Å²) in [5.41, 5.74) is 7.04. The second-order valence-corrected chi connectivity index (χ2v) is 6.83.